The molecule has 0 unspecified atom stereocenters. The number of carboxylic acids is 1. The molecule has 2 aliphatic rings. The Morgan fingerprint density at radius 2 is 1.60 bits per heavy atom. The van der Waals surface area contributed by atoms with Gasteiger partial charge in [0.05, 0.1) is 5.92 Å². The number of fused-ring (bicyclic) bond motifs is 3. The fraction of sp³-hybridized carbons (Fsp3) is 0.300. The molecule has 0 bridgehead atoms. The zero-order chi connectivity index (χ0) is 17.4. The highest BCUT2D eigenvalue weighted by molar-refractivity contribution is 5.79. The average Bonchev–Trinajstić information content (AvgIpc) is 2.90. The molecule has 2 N–H and O–H groups in total. The monoisotopic (exact) mass is 337 g/mol. The van der Waals surface area contributed by atoms with Gasteiger partial charge in [-0.25, -0.2) is 4.79 Å². The van der Waals surface area contributed by atoms with E-state index in [1.807, 2.05) is 24.3 Å². The molecule has 1 fully saturated rings. The quantitative estimate of drug-likeness (QED) is 0.897. The molecule has 5 heteroatoms. The summed E-state index contributed by atoms with van der Waals surface area (Å²) in [6, 6.07) is 16.0. The Morgan fingerprint density at radius 3 is 2.12 bits per heavy atom. The van der Waals surface area contributed by atoms with Gasteiger partial charge in [-0.05, 0) is 35.1 Å². The van der Waals surface area contributed by atoms with Crippen LogP contribution < -0.4 is 5.32 Å². The number of hydrogen-bond donors (Lipinski definition) is 2. The van der Waals surface area contributed by atoms with Crippen LogP contribution in [-0.2, 0) is 9.53 Å². The smallest absolute Gasteiger partial charge is 0.407 e. The molecule has 1 saturated carbocycles. The zero-order valence-corrected chi connectivity index (χ0v) is 13.6. The molecule has 2 aliphatic carbocycles. The van der Waals surface area contributed by atoms with E-state index < -0.39 is 18.0 Å². The van der Waals surface area contributed by atoms with Crippen LogP contribution in [-0.4, -0.2) is 29.8 Å². The minimum absolute atomic E-state index is 0.00908. The molecule has 2 atom stereocenters. The van der Waals surface area contributed by atoms with Crippen LogP contribution in [0.3, 0.4) is 0 Å². The van der Waals surface area contributed by atoms with Gasteiger partial charge in [-0.1, -0.05) is 48.5 Å². The summed E-state index contributed by atoms with van der Waals surface area (Å²) in [5.74, 6) is -1.36. The molecule has 0 heterocycles. The molecule has 5 nitrogen and oxygen atoms in total. The van der Waals surface area contributed by atoms with E-state index in [4.69, 9.17) is 9.84 Å². The molecule has 25 heavy (non-hydrogen) atoms. The predicted molar refractivity (Wildman–Crippen MR) is 92.4 cm³/mol. The van der Waals surface area contributed by atoms with Gasteiger partial charge in [-0.2, -0.15) is 0 Å². The van der Waals surface area contributed by atoms with Gasteiger partial charge in [-0.15, -0.1) is 0 Å². The summed E-state index contributed by atoms with van der Waals surface area (Å²) in [5, 5.41) is 11.7. The van der Waals surface area contributed by atoms with E-state index in [2.05, 4.69) is 29.6 Å². The lowest BCUT2D eigenvalue weighted by atomic mass is 9.80. The van der Waals surface area contributed by atoms with Gasteiger partial charge in [0, 0.05) is 12.0 Å². The van der Waals surface area contributed by atoms with Crippen LogP contribution in [0.15, 0.2) is 48.5 Å². The maximum atomic E-state index is 12.1. The second kappa shape index (κ2) is 6.24. The molecule has 0 aromatic heterocycles. The van der Waals surface area contributed by atoms with E-state index in [1.165, 1.54) is 11.1 Å². The van der Waals surface area contributed by atoms with Crippen molar-refractivity contribution in [2.45, 2.75) is 24.8 Å². The molecule has 2 aromatic carbocycles. The maximum absolute atomic E-state index is 12.1. The third kappa shape index (κ3) is 2.76. The molecule has 2 aromatic rings. The van der Waals surface area contributed by atoms with Crippen molar-refractivity contribution < 1.29 is 19.4 Å². The largest absolute Gasteiger partial charge is 0.481 e. The second-order valence-corrected chi connectivity index (χ2v) is 6.60. The summed E-state index contributed by atoms with van der Waals surface area (Å²) in [7, 11) is 0. The lowest BCUT2D eigenvalue weighted by molar-refractivity contribution is -0.145. The minimum Gasteiger partial charge on any atom is -0.481 e. The van der Waals surface area contributed by atoms with Gasteiger partial charge in [0.2, 0.25) is 0 Å². The summed E-state index contributed by atoms with van der Waals surface area (Å²) in [6.45, 7) is 0.240. The van der Waals surface area contributed by atoms with E-state index in [0.717, 1.165) is 11.1 Å². The molecular weight excluding hydrogens is 318 g/mol. The number of ether oxygens (including phenoxy) is 1. The number of benzene rings is 2. The fourth-order valence-electron chi connectivity index (χ4n) is 3.76. The predicted octanol–water partition coefficient (Wildman–Crippen LogP) is 3.39. The molecule has 1 amide bonds. The van der Waals surface area contributed by atoms with Crippen molar-refractivity contribution in [3.8, 4) is 11.1 Å². The van der Waals surface area contributed by atoms with Gasteiger partial charge in [0.15, 0.2) is 0 Å². The summed E-state index contributed by atoms with van der Waals surface area (Å²) in [4.78, 5) is 23.1. The van der Waals surface area contributed by atoms with Crippen LogP contribution in [0.1, 0.15) is 29.9 Å². The number of amides is 1. The summed E-state index contributed by atoms with van der Waals surface area (Å²) < 4.78 is 5.43. The molecule has 128 valence electrons. The van der Waals surface area contributed by atoms with Crippen LogP contribution in [0.2, 0.25) is 0 Å². The van der Waals surface area contributed by atoms with Gasteiger partial charge >= 0.3 is 12.1 Å². The number of nitrogens with one attached hydrogen (secondary N) is 1. The SMILES string of the molecule is O=C(N[C@@H]1CC[C@H]1C(=O)O)OCC1c2ccccc2-c2ccccc21. The van der Waals surface area contributed by atoms with Crippen molar-refractivity contribution in [3.63, 3.8) is 0 Å². The Hall–Kier alpha value is -2.82. The summed E-state index contributed by atoms with van der Waals surface area (Å²) in [5.41, 5.74) is 4.67. The van der Waals surface area contributed by atoms with Crippen LogP contribution in [0.25, 0.3) is 11.1 Å². The number of carbonyl (C=O) groups is 2. The van der Waals surface area contributed by atoms with E-state index in [0.29, 0.717) is 12.8 Å². The molecule has 0 saturated heterocycles. The number of rotatable bonds is 4. The van der Waals surface area contributed by atoms with Crippen molar-refractivity contribution in [2.24, 2.45) is 5.92 Å². The molecule has 4 rings (SSSR count). The van der Waals surface area contributed by atoms with Crippen LogP contribution in [0, 0.1) is 5.92 Å². The third-order valence-corrected chi connectivity index (χ3v) is 5.24. The number of carboxylic acid groups (broad SMARTS) is 1. The van der Waals surface area contributed by atoms with E-state index in [9.17, 15) is 9.59 Å². The fourth-order valence-corrected chi connectivity index (χ4v) is 3.76. The first-order valence-electron chi connectivity index (χ1n) is 8.49. The standard InChI is InChI=1S/C20H19NO4/c22-19(23)16-9-10-18(16)21-20(24)25-11-17-14-7-3-1-5-12(14)13-6-2-4-8-15(13)17/h1-8,16-18H,9-11H2,(H,21,24)(H,22,23)/t16-,18-/m1/s1. The molecule has 0 spiro atoms. The first kappa shape index (κ1) is 15.7. The normalized spacial score (nSPS) is 21.0. The van der Waals surface area contributed by atoms with Crippen LogP contribution in [0.4, 0.5) is 4.79 Å². The van der Waals surface area contributed by atoms with Crippen molar-refractivity contribution in [2.75, 3.05) is 6.61 Å². The average molecular weight is 337 g/mol. The first-order valence-corrected chi connectivity index (χ1v) is 8.49. The Labute approximate surface area is 145 Å². The van der Waals surface area contributed by atoms with Crippen molar-refractivity contribution >= 4 is 12.1 Å². The minimum atomic E-state index is -0.866. The Balaban J connectivity index is 1.45. The highest BCUT2D eigenvalue weighted by Gasteiger charge is 2.38. The first-order chi connectivity index (χ1) is 12.1. The van der Waals surface area contributed by atoms with E-state index >= 15 is 0 Å². The maximum Gasteiger partial charge on any atom is 0.407 e. The summed E-state index contributed by atoms with van der Waals surface area (Å²) in [6.07, 6.45) is 0.739. The highest BCUT2D eigenvalue weighted by atomic mass is 16.5. The lowest BCUT2D eigenvalue weighted by Gasteiger charge is -2.33. The molecule has 0 aliphatic heterocycles. The van der Waals surface area contributed by atoms with Gasteiger partial charge in [-0.3, -0.25) is 4.79 Å². The molecule has 0 radical (unpaired) electrons. The Bertz CT molecular complexity index is 786. The third-order valence-electron chi connectivity index (χ3n) is 5.24. The van der Waals surface area contributed by atoms with Gasteiger partial charge in [0.25, 0.3) is 0 Å². The van der Waals surface area contributed by atoms with Crippen molar-refractivity contribution in [1.29, 1.82) is 0 Å². The van der Waals surface area contributed by atoms with Gasteiger partial charge in [0.1, 0.15) is 6.61 Å². The van der Waals surface area contributed by atoms with Crippen LogP contribution >= 0.6 is 0 Å². The Morgan fingerprint density at radius 1 is 1.00 bits per heavy atom. The van der Waals surface area contributed by atoms with Crippen molar-refractivity contribution in [3.05, 3.63) is 59.7 Å². The number of aliphatic carboxylic acids is 1. The summed E-state index contributed by atoms with van der Waals surface area (Å²) >= 11 is 0. The second-order valence-electron chi connectivity index (χ2n) is 6.60. The van der Waals surface area contributed by atoms with Crippen LogP contribution in [0.5, 0.6) is 0 Å². The number of carbonyl (C=O) groups excluding carboxylic acids is 1. The van der Waals surface area contributed by atoms with E-state index in [1.54, 1.807) is 0 Å². The Kier molecular flexibility index (Phi) is 3.92. The highest BCUT2D eigenvalue weighted by Crippen LogP contribution is 2.44. The van der Waals surface area contributed by atoms with Gasteiger partial charge < -0.3 is 15.2 Å². The number of alkyl carbamates (subject to hydrolysis) is 1. The topological polar surface area (TPSA) is 75.6 Å². The zero-order valence-electron chi connectivity index (χ0n) is 13.6. The van der Waals surface area contributed by atoms with Crippen molar-refractivity contribution in [1.82, 2.24) is 5.32 Å². The lowest BCUT2D eigenvalue weighted by Crippen LogP contribution is -2.50. The molecular formula is C20H19NO4. The van der Waals surface area contributed by atoms with E-state index in [-0.39, 0.29) is 18.6 Å². The number of hydrogen-bond acceptors (Lipinski definition) is 3.